The molecular weight excluding hydrogens is 240 g/mol. The maximum Gasteiger partial charge on any atom is 0.417 e. The number of hydrogen-bond donors (Lipinski definition) is 0. The van der Waals surface area contributed by atoms with E-state index >= 15 is 0 Å². The molecule has 0 saturated heterocycles. The highest BCUT2D eigenvalue weighted by Crippen LogP contribution is 1.95. The highest BCUT2D eigenvalue weighted by atomic mass is 16.6. The zero-order valence-corrected chi connectivity index (χ0v) is 11.1. The van der Waals surface area contributed by atoms with E-state index in [1.54, 1.807) is 14.2 Å². The van der Waals surface area contributed by atoms with Gasteiger partial charge in [0.05, 0.1) is 13.2 Å². The van der Waals surface area contributed by atoms with Gasteiger partial charge in [-0.15, -0.1) is 0 Å². The molecule has 0 amide bonds. The van der Waals surface area contributed by atoms with Gasteiger partial charge in [0.25, 0.3) is 0 Å². The smallest absolute Gasteiger partial charge is 0.417 e. The summed E-state index contributed by atoms with van der Waals surface area (Å²) in [5, 5.41) is 0. The first-order valence-electron chi connectivity index (χ1n) is 6.04. The first-order chi connectivity index (χ1) is 8.72. The van der Waals surface area contributed by atoms with Crippen LogP contribution in [0.25, 0.3) is 0 Å². The van der Waals surface area contributed by atoms with Crippen molar-refractivity contribution in [3.8, 4) is 0 Å². The van der Waals surface area contributed by atoms with E-state index in [1.165, 1.54) is 0 Å². The summed E-state index contributed by atoms with van der Waals surface area (Å²) in [6, 6.07) is 0. The molecule has 0 aromatic heterocycles. The summed E-state index contributed by atoms with van der Waals surface area (Å²) >= 11 is 0. The Hall–Kier alpha value is -1.14. The van der Waals surface area contributed by atoms with E-state index in [1.807, 2.05) is 0 Å². The molecule has 0 saturated carbocycles. The van der Waals surface area contributed by atoms with Crippen molar-refractivity contribution in [3.63, 3.8) is 0 Å². The Labute approximate surface area is 108 Å². The van der Waals surface area contributed by atoms with E-state index in [2.05, 4.69) is 0 Å². The van der Waals surface area contributed by atoms with Crippen LogP contribution in [0.3, 0.4) is 0 Å². The molecule has 0 aliphatic carbocycles. The van der Waals surface area contributed by atoms with E-state index in [0.29, 0.717) is 26.1 Å². The molecule has 0 heterocycles. The summed E-state index contributed by atoms with van der Waals surface area (Å²) in [6.45, 7) is 1.64. The summed E-state index contributed by atoms with van der Waals surface area (Å²) in [5.74, 6) is -1.86. The Morgan fingerprint density at radius 1 is 0.667 bits per heavy atom. The lowest BCUT2D eigenvalue weighted by Crippen LogP contribution is -2.21. The van der Waals surface area contributed by atoms with Gasteiger partial charge in [-0.25, -0.2) is 9.59 Å². The SMILES string of the molecule is COCCCCOC(=O)C(=O)OCCCCOC. The Kier molecular flexibility index (Phi) is 11.5. The fourth-order valence-electron chi connectivity index (χ4n) is 1.14. The molecule has 0 N–H and O–H groups in total. The van der Waals surface area contributed by atoms with Crippen LogP contribution < -0.4 is 0 Å². The van der Waals surface area contributed by atoms with Crippen molar-refractivity contribution < 1.29 is 28.5 Å². The number of carbonyl (C=O) groups excluding carboxylic acids is 2. The first-order valence-corrected chi connectivity index (χ1v) is 6.04. The molecule has 0 aliphatic heterocycles. The predicted molar refractivity (Wildman–Crippen MR) is 64.1 cm³/mol. The quantitative estimate of drug-likeness (QED) is 0.331. The van der Waals surface area contributed by atoms with Crippen LogP contribution in [0, 0.1) is 0 Å². The van der Waals surface area contributed by atoms with E-state index in [4.69, 9.17) is 18.9 Å². The minimum atomic E-state index is -0.931. The van der Waals surface area contributed by atoms with Crippen LogP contribution in [-0.2, 0) is 28.5 Å². The molecule has 18 heavy (non-hydrogen) atoms. The van der Waals surface area contributed by atoms with Gasteiger partial charge in [-0.1, -0.05) is 0 Å². The van der Waals surface area contributed by atoms with E-state index in [-0.39, 0.29) is 13.2 Å². The fraction of sp³-hybridized carbons (Fsp3) is 0.833. The van der Waals surface area contributed by atoms with Gasteiger partial charge in [-0.05, 0) is 25.7 Å². The second kappa shape index (κ2) is 12.3. The molecule has 0 bridgehead atoms. The van der Waals surface area contributed by atoms with Crippen LogP contribution in [0.1, 0.15) is 25.7 Å². The largest absolute Gasteiger partial charge is 0.457 e. The zero-order valence-electron chi connectivity index (χ0n) is 11.1. The summed E-state index contributed by atoms with van der Waals surface area (Å²) < 4.78 is 19.1. The average Bonchev–Trinajstić information content (AvgIpc) is 2.37. The van der Waals surface area contributed by atoms with Gasteiger partial charge in [-0.2, -0.15) is 0 Å². The van der Waals surface area contributed by atoms with Gasteiger partial charge in [0.15, 0.2) is 0 Å². The molecule has 0 radical (unpaired) electrons. The minimum absolute atomic E-state index is 0.209. The maximum absolute atomic E-state index is 11.1. The van der Waals surface area contributed by atoms with Gasteiger partial charge < -0.3 is 18.9 Å². The highest BCUT2D eigenvalue weighted by Gasteiger charge is 2.16. The molecule has 0 unspecified atom stereocenters. The van der Waals surface area contributed by atoms with Gasteiger partial charge in [0.2, 0.25) is 0 Å². The summed E-state index contributed by atoms with van der Waals surface area (Å²) in [4.78, 5) is 22.3. The summed E-state index contributed by atoms with van der Waals surface area (Å²) in [5.41, 5.74) is 0. The Morgan fingerprint density at radius 3 is 1.33 bits per heavy atom. The Morgan fingerprint density at radius 2 is 1.00 bits per heavy atom. The second-order valence-electron chi connectivity index (χ2n) is 3.67. The topological polar surface area (TPSA) is 71.1 Å². The molecule has 0 aromatic carbocycles. The van der Waals surface area contributed by atoms with E-state index < -0.39 is 11.9 Å². The molecule has 0 atom stereocenters. The van der Waals surface area contributed by atoms with Crippen molar-refractivity contribution in [3.05, 3.63) is 0 Å². The number of carbonyl (C=O) groups is 2. The number of hydrogen-bond acceptors (Lipinski definition) is 6. The lowest BCUT2D eigenvalue weighted by atomic mass is 10.3. The Bertz CT molecular complexity index is 205. The van der Waals surface area contributed by atoms with Crippen molar-refractivity contribution in [2.45, 2.75) is 25.7 Å². The van der Waals surface area contributed by atoms with Crippen molar-refractivity contribution in [2.75, 3.05) is 40.6 Å². The summed E-state index contributed by atoms with van der Waals surface area (Å²) in [7, 11) is 3.21. The molecule has 6 heteroatoms. The summed E-state index contributed by atoms with van der Waals surface area (Å²) in [6.07, 6.45) is 2.91. The molecule has 0 rings (SSSR count). The van der Waals surface area contributed by atoms with Crippen molar-refractivity contribution in [1.29, 1.82) is 0 Å². The lowest BCUT2D eigenvalue weighted by molar-refractivity contribution is -0.167. The van der Waals surface area contributed by atoms with Gasteiger partial charge in [-0.3, -0.25) is 0 Å². The number of unbranched alkanes of at least 4 members (excludes halogenated alkanes) is 2. The highest BCUT2D eigenvalue weighted by molar-refractivity contribution is 6.29. The van der Waals surface area contributed by atoms with Crippen LogP contribution in [0.2, 0.25) is 0 Å². The third-order valence-electron chi connectivity index (χ3n) is 2.12. The van der Waals surface area contributed by atoms with Crippen LogP contribution in [0.5, 0.6) is 0 Å². The first kappa shape index (κ1) is 16.9. The number of rotatable bonds is 10. The average molecular weight is 262 g/mol. The maximum atomic E-state index is 11.1. The number of ether oxygens (including phenoxy) is 4. The van der Waals surface area contributed by atoms with Crippen LogP contribution in [0.15, 0.2) is 0 Å². The number of esters is 2. The normalized spacial score (nSPS) is 10.1. The fourth-order valence-corrected chi connectivity index (χ4v) is 1.14. The molecule has 0 aliphatic rings. The van der Waals surface area contributed by atoms with Gasteiger partial charge in [0, 0.05) is 27.4 Å². The molecule has 0 fully saturated rings. The lowest BCUT2D eigenvalue weighted by Gasteiger charge is -2.05. The molecular formula is C12H22O6. The third-order valence-corrected chi connectivity index (χ3v) is 2.12. The van der Waals surface area contributed by atoms with Crippen molar-refractivity contribution >= 4 is 11.9 Å². The van der Waals surface area contributed by atoms with Gasteiger partial charge in [0.1, 0.15) is 0 Å². The van der Waals surface area contributed by atoms with Crippen molar-refractivity contribution in [1.82, 2.24) is 0 Å². The molecule has 6 nitrogen and oxygen atoms in total. The minimum Gasteiger partial charge on any atom is -0.457 e. The molecule has 0 aromatic rings. The molecule has 0 spiro atoms. The van der Waals surface area contributed by atoms with Crippen LogP contribution in [0.4, 0.5) is 0 Å². The van der Waals surface area contributed by atoms with Crippen LogP contribution >= 0.6 is 0 Å². The van der Waals surface area contributed by atoms with E-state index in [0.717, 1.165) is 12.8 Å². The van der Waals surface area contributed by atoms with Crippen LogP contribution in [-0.4, -0.2) is 52.6 Å². The standard InChI is InChI=1S/C12H22O6/c1-15-7-3-5-9-17-11(13)12(14)18-10-6-4-8-16-2/h3-10H2,1-2H3. The second-order valence-corrected chi connectivity index (χ2v) is 3.67. The molecule has 106 valence electrons. The van der Waals surface area contributed by atoms with Crippen molar-refractivity contribution in [2.24, 2.45) is 0 Å². The van der Waals surface area contributed by atoms with Gasteiger partial charge >= 0.3 is 11.9 Å². The number of methoxy groups -OCH3 is 2. The third kappa shape index (κ3) is 10.0. The predicted octanol–water partition coefficient (Wildman–Crippen LogP) is 0.926. The monoisotopic (exact) mass is 262 g/mol. The Balaban J connectivity index is 3.43. The van der Waals surface area contributed by atoms with E-state index in [9.17, 15) is 9.59 Å². The zero-order chi connectivity index (χ0) is 13.6.